The van der Waals surface area contributed by atoms with E-state index in [-0.39, 0.29) is 17.2 Å². The molecule has 0 radical (unpaired) electrons. The van der Waals surface area contributed by atoms with Crippen LogP contribution in [0.3, 0.4) is 0 Å². The summed E-state index contributed by atoms with van der Waals surface area (Å²) in [6.45, 7) is 1.69. The molecule has 35 heavy (non-hydrogen) atoms. The Kier molecular flexibility index (Phi) is 6.44. The number of carboxylic acid groups (broad SMARTS) is 1. The molecule has 4 N–H and O–H groups in total. The van der Waals surface area contributed by atoms with Gasteiger partial charge in [-0.05, 0) is 68.4 Å². The van der Waals surface area contributed by atoms with Crippen LogP contribution >= 0.6 is 0 Å². The van der Waals surface area contributed by atoms with E-state index in [9.17, 15) is 27.9 Å². The Morgan fingerprint density at radius 2 is 1.86 bits per heavy atom. The van der Waals surface area contributed by atoms with Gasteiger partial charge < -0.3 is 16.2 Å². The predicted molar refractivity (Wildman–Crippen MR) is 125 cm³/mol. The van der Waals surface area contributed by atoms with Crippen LogP contribution in [0.25, 0.3) is 11.0 Å². The Hall–Kier alpha value is -3.63. The molecule has 1 fully saturated rings. The van der Waals surface area contributed by atoms with E-state index in [1.807, 2.05) is 0 Å². The van der Waals surface area contributed by atoms with Gasteiger partial charge in [0.05, 0.1) is 22.9 Å². The zero-order valence-electron chi connectivity index (χ0n) is 19.3. The van der Waals surface area contributed by atoms with E-state index in [0.717, 1.165) is 12.1 Å². The summed E-state index contributed by atoms with van der Waals surface area (Å²) in [4.78, 5) is 32.9. The zero-order valence-corrected chi connectivity index (χ0v) is 19.3. The molecule has 0 aliphatic heterocycles. The Morgan fingerprint density at radius 1 is 1.17 bits per heavy atom. The summed E-state index contributed by atoms with van der Waals surface area (Å²) in [5, 5.41) is 13.0. The second-order valence-electron chi connectivity index (χ2n) is 9.06. The molecular formula is C24H26F3N5O3. The molecule has 11 heteroatoms. The number of fused-ring (bicyclic) bond motifs is 1. The molecule has 0 spiro atoms. The quantitative estimate of drug-likeness (QED) is 0.452. The average Bonchev–Trinajstić information content (AvgIpc) is 2.80. The minimum Gasteiger partial charge on any atom is -0.481 e. The Bertz CT molecular complexity index is 1330. The molecule has 1 aliphatic rings. The molecule has 1 aliphatic carbocycles. The number of anilines is 2. The summed E-state index contributed by atoms with van der Waals surface area (Å²) in [6.07, 6.45) is -1.10. The average molecular weight is 489 g/mol. The number of hydrogen-bond donors (Lipinski definition) is 3. The number of aromatic nitrogens is 3. The van der Waals surface area contributed by atoms with Crippen LogP contribution in [0.15, 0.2) is 35.4 Å². The van der Waals surface area contributed by atoms with Crippen molar-refractivity contribution in [3.63, 3.8) is 0 Å². The Morgan fingerprint density at radius 3 is 2.49 bits per heavy atom. The van der Waals surface area contributed by atoms with Crippen molar-refractivity contribution in [2.45, 2.75) is 50.7 Å². The zero-order chi connectivity index (χ0) is 25.5. The van der Waals surface area contributed by atoms with Crippen LogP contribution in [-0.2, 0) is 18.0 Å². The van der Waals surface area contributed by atoms with Gasteiger partial charge in [-0.15, -0.1) is 0 Å². The van der Waals surface area contributed by atoms with Gasteiger partial charge in [0.1, 0.15) is 17.8 Å². The summed E-state index contributed by atoms with van der Waals surface area (Å²) in [7, 11) is 1.60. The van der Waals surface area contributed by atoms with Crippen LogP contribution < -0.4 is 16.6 Å². The lowest BCUT2D eigenvalue weighted by Crippen LogP contribution is -2.28. The maximum absolute atomic E-state index is 13.3. The van der Waals surface area contributed by atoms with Crippen molar-refractivity contribution in [2.24, 2.45) is 13.0 Å². The van der Waals surface area contributed by atoms with Crippen molar-refractivity contribution < 1.29 is 23.1 Å². The standard InChI is InChI=1S/C24H26F3N5O3/c1-12(15-7-16(24(25,26)27)9-17(28)8-15)31-20-19-10-18(13-3-5-14(6-4-13)23(34)35)22(33)32(2)21(19)30-11-29-20/h7-14H,3-6,28H2,1-2H3,(H,34,35)(H,29,30,31)/t12-,13?,14?/m1/s1. The molecule has 8 nitrogen and oxygen atoms in total. The number of nitrogens with zero attached hydrogens (tertiary/aromatic N) is 3. The maximum atomic E-state index is 13.3. The van der Waals surface area contributed by atoms with Crippen molar-refractivity contribution in [2.75, 3.05) is 11.1 Å². The van der Waals surface area contributed by atoms with Gasteiger partial charge in [-0.1, -0.05) is 0 Å². The first-order valence-electron chi connectivity index (χ1n) is 11.3. The van der Waals surface area contributed by atoms with Crippen LogP contribution in [0.1, 0.15) is 61.3 Å². The third-order valence-corrected chi connectivity index (χ3v) is 6.71. The minimum atomic E-state index is -4.53. The summed E-state index contributed by atoms with van der Waals surface area (Å²) >= 11 is 0. The van der Waals surface area contributed by atoms with Crippen molar-refractivity contribution in [3.8, 4) is 0 Å². The SMILES string of the molecule is C[C@@H](Nc1ncnc2c1cc(C1CCC(C(=O)O)CC1)c(=O)n2C)c1cc(N)cc(C(F)(F)F)c1. The summed E-state index contributed by atoms with van der Waals surface area (Å²) in [5.41, 5.74) is 5.94. The van der Waals surface area contributed by atoms with Gasteiger partial charge >= 0.3 is 12.1 Å². The van der Waals surface area contributed by atoms with Crippen molar-refractivity contribution >= 4 is 28.5 Å². The molecule has 0 bridgehead atoms. The molecule has 4 rings (SSSR count). The molecular weight excluding hydrogens is 463 g/mol. The molecule has 0 unspecified atom stereocenters. The number of benzene rings is 1. The molecule has 2 aromatic heterocycles. The molecule has 2 heterocycles. The minimum absolute atomic E-state index is 0.00216. The second-order valence-corrected chi connectivity index (χ2v) is 9.06. The van der Waals surface area contributed by atoms with Crippen molar-refractivity contribution in [1.29, 1.82) is 0 Å². The highest BCUT2D eigenvalue weighted by Crippen LogP contribution is 2.37. The summed E-state index contributed by atoms with van der Waals surface area (Å²) < 4.78 is 41.2. The number of aliphatic carboxylic acids is 1. The highest BCUT2D eigenvalue weighted by atomic mass is 19.4. The van der Waals surface area contributed by atoms with Gasteiger partial charge in [-0.2, -0.15) is 13.2 Å². The number of pyridine rings is 1. The van der Waals surface area contributed by atoms with E-state index in [1.54, 1.807) is 20.0 Å². The number of nitrogens with one attached hydrogen (secondary N) is 1. The van der Waals surface area contributed by atoms with Crippen LogP contribution in [0.5, 0.6) is 0 Å². The lowest BCUT2D eigenvalue weighted by Gasteiger charge is -2.26. The fourth-order valence-corrected chi connectivity index (χ4v) is 4.73. The monoisotopic (exact) mass is 489 g/mol. The molecule has 0 saturated heterocycles. The molecule has 1 aromatic carbocycles. The van der Waals surface area contributed by atoms with E-state index in [0.29, 0.717) is 53.7 Å². The summed E-state index contributed by atoms with van der Waals surface area (Å²) in [6, 6.07) is 4.54. The third kappa shape index (κ3) is 4.94. The van der Waals surface area contributed by atoms with Crippen molar-refractivity contribution in [3.05, 3.63) is 57.6 Å². The van der Waals surface area contributed by atoms with Crippen LogP contribution in [0.4, 0.5) is 24.7 Å². The number of hydrogen-bond acceptors (Lipinski definition) is 6. The molecule has 1 atom stereocenters. The van der Waals surface area contributed by atoms with Gasteiger partial charge in [0.25, 0.3) is 5.56 Å². The smallest absolute Gasteiger partial charge is 0.416 e. The second kappa shape index (κ2) is 9.20. The van der Waals surface area contributed by atoms with Crippen molar-refractivity contribution in [1.82, 2.24) is 14.5 Å². The number of rotatable bonds is 5. The number of nitrogens with two attached hydrogens (primary N) is 1. The topological polar surface area (TPSA) is 123 Å². The third-order valence-electron chi connectivity index (χ3n) is 6.71. The Balaban J connectivity index is 1.70. The first-order chi connectivity index (χ1) is 16.5. The van der Waals surface area contributed by atoms with Crippen LogP contribution in [0, 0.1) is 5.92 Å². The number of alkyl halides is 3. The number of halogens is 3. The predicted octanol–water partition coefficient (Wildman–Crippen LogP) is 4.46. The molecule has 186 valence electrons. The van der Waals surface area contributed by atoms with E-state index in [4.69, 9.17) is 5.73 Å². The highest BCUT2D eigenvalue weighted by molar-refractivity contribution is 5.87. The molecule has 3 aromatic rings. The van der Waals surface area contributed by atoms with Crippen LogP contribution in [0.2, 0.25) is 0 Å². The first-order valence-corrected chi connectivity index (χ1v) is 11.3. The number of carbonyl (C=O) groups is 1. The summed E-state index contributed by atoms with van der Waals surface area (Å²) in [5.74, 6) is -0.951. The fourth-order valence-electron chi connectivity index (χ4n) is 4.73. The lowest BCUT2D eigenvalue weighted by molar-refractivity contribution is -0.143. The number of nitrogen functional groups attached to an aromatic ring is 1. The molecule has 0 amide bonds. The van der Waals surface area contributed by atoms with Gasteiger partial charge in [-0.3, -0.25) is 14.2 Å². The maximum Gasteiger partial charge on any atom is 0.416 e. The Labute approximate surface area is 199 Å². The van der Waals surface area contributed by atoms with Crippen LogP contribution in [-0.4, -0.2) is 25.6 Å². The van der Waals surface area contributed by atoms with Gasteiger partial charge in [0.2, 0.25) is 0 Å². The first kappa shape index (κ1) is 24.5. The number of carboxylic acids is 1. The molecule has 1 saturated carbocycles. The van der Waals surface area contributed by atoms with E-state index in [2.05, 4.69) is 15.3 Å². The normalized spacial score (nSPS) is 19.5. The number of aryl methyl sites for hydroxylation is 1. The lowest BCUT2D eigenvalue weighted by atomic mass is 9.79. The van der Waals surface area contributed by atoms with Gasteiger partial charge in [-0.25, -0.2) is 9.97 Å². The fraction of sp³-hybridized carbons (Fsp3) is 0.417. The largest absolute Gasteiger partial charge is 0.481 e. The highest BCUT2D eigenvalue weighted by Gasteiger charge is 2.32. The van der Waals surface area contributed by atoms with E-state index >= 15 is 0 Å². The van der Waals surface area contributed by atoms with E-state index in [1.165, 1.54) is 17.0 Å². The van der Waals surface area contributed by atoms with E-state index < -0.39 is 29.7 Å². The van der Waals surface area contributed by atoms with Gasteiger partial charge in [0, 0.05) is 18.3 Å². The van der Waals surface area contributed by atoms with Gasteiger partial charge in [0.15, 0.2) is 0 Å².